The van der Waals surface area contributed by atoms with Crippen LogP contribution in [0.2, 0.25) is 0 Å². The van der Waals surface area contributed by atoms with Crippen molar-refractivity contribution in [3.63, 3.8) is 0 Å². The zero-order chi connectivity index (χ0) is 15.3. The minimum Gasteiger partial charge on any atom is -0.367 e. The number of anilines is 1. The molecule has 0 radical (unpaired) electrons. The molecule has 2 heterocycles. The molecule has 4 rings (SSSR count). The van der Waals surface area contributed by atoms with Crippen LogP contribution in [0.4, 0.5) is 10.1 Å². The van der Waals surface area contributed by atoms with Crippen LogP contribution in [0, 0.1) is 12.7 Å². The summed E-state index contributed by atoms with van der Waals surface area (Å²) in [6.07, 6.45) is 4.13. The minimum absolute atomic E-state index is 0.0878. The van der Waals surface area contributed by atoms with Crippen LogP contribution in [0.1, 0.15) is 24.4 Å². The van der Waals surface area contributed by atoms with Crippen LogP contribution in [0.5, 0.6) is 0 Å². The number of nitrogens with one attached hydrogen (secondary N) is 1. The third-order valence-corrected chi connectivity index (χ3v) is 4.77. The first-order valence-electron chi connectivity index (χ1n) is 7.96. The van der Waals surface area contributed by atoms with Gasteiger partial charge in [-0.2, -0.15) is 0 Å². The highest BCUT2D eigenvalue weighted by atomic mass is 19.1. The standard InChI is InChI=1S/C17H20FN3O/c1-11-16-13(21(12-2-3-12)7-4-15(16)22)10-14(17(11)18)20-8-5-19-6-9-20/h4,7,10,12,19H,2-3,5-6,8-9H2,1H3. The van der Waals surface area contributed by atoms with E-state index in [1.807, 2.05) is 12.3 Å². The van der Waals surface area contributed by atoms with Gasteiger partial charge in [-0.25, -0.2) is 4.39 Å². The first kappa shape index (κ1) is 13.8. The summed E-state index contributed by atoms with van der Waals surface area (Å²) < 4.78 is 17.0. The van der Waals surface area contributed by atoms with Gasteiger partial charge in [-0.1, -0.05) is 0 Å². The van der Waals surface area contributed by atoms with E-state index >= 15 is 0 Å². The highest BCUT2D eigenvalue weighted by Gasteiger charge is 2.26. The molecule has 1 aliphatic carbocycles. The molecule has 1 saturated heterocycles. The first-order chi connectivity index (χ1) is 10.7. The molecule has 0 unspecified atom stereocenters. The van der Waals surface area contributed by atoms with Gasteiger partial charge in [0.1, 0.15) is 5.82 Å². The molecular formula is C17H20FN3O. The Hall–Kier alpha value is -1.88. The van der Waals surface area contributed by atoms with Crippen molar-refractivity contribution in [2.75, 3.05) is 31.1 Å². The lowest BCUT2D eigenvalue weighted by molar-refractivity contribution is 0.564. The molecule has 1 aromatic carbocycles. The number of hydrogen-bond donors (Lipinski definition) is 1. The molecule has 2 aromatic rings. The lowest BCUT2D eigenvalue weighted by Crippen LogP contribution is -2.44. The van der Waals surface area contributed by atoms with Crippen molar-refractivity contribution in [1.29, 1.82) is 0 Å². The number of aryl methyl sites for hydroxylation is 1. The average molecular weight is 301 g/mol. The molecule has 116 valence electrons. The summed E-state index contributed by atoms with van der Waals surface area (Å²) in [4.78, 5) is 14.3. The summed E-state index contributed by atoms with van der Waals surface area (Å²) in [5.41, 5.74) is 1.90. The third kappa shape index (κ3) is 2.11. The van der Waals surface area contributed by atoms with Gasteiger partial charge in [0.2, 0.25) is 0 Å². The fraction of sp³-hybridized carbons (Fsp3) is 0.471. The van der Waals surface area contributed by atoms with E-state index in [-0.39, 0.29) is 11.2 Å². The first-order valence-corrected chi connectivity index (χ1v) is 7.96. The van der Waals surface area contributed by atoms with Crippen LogP contribution in [0.3, 0.4) is 0 Å². The number of fused-ring (bicyclic) bond motifs is 1. The van der Waals surface area contributed by atoms with Gasteiger partial charge in [0, 0.05) is 50.0 Å². The number of benzene rings is 1. The Labute approximate surface area is 128 Å². The van der Waals surface area contributed by atoms with Crippen LogP contribution in [-0.4, -0.2) is 30.7 Å². The molecule has 0 atom stereocenters. The second-order valence-electron chi connectivity index (χ2n) is 6.28. The number of halogens is 1. The number of pyridine rings is 1. The van der Waals surface area contributed by atoms with Gasteiger partial charge in [-0.15, -0.1) is 0 Å². The van der Waals surface area contributed by atoms with Crippen molar-refractivity contribution >= 4 is 16.6 Å². The molecule has 2 fully saturated rings. The molecule has 22 heavy (non-hydrogen) atoms. The van der Waals surface area contributed by atoms with Crippen molar-refractivity contribution in [3.8, 4) is 0 Å². The molecule has 0 amide bonds. The summed E-state index contributed by atoms with van der Waals surface area (Å²) >= 11 is 0. The summed E-state index contributed by atoms with van der Waals surface area (Å²) in [6.45, 7) is 5.04. The van der Waals surface area contributed by atoms with Gasteiger partial charge in [0.25, 0.3) is 0 Å². The maximum absolute atomic E-state index is 14.8. The van der Waals surface area contributed by atoms with E-state index in [1.165, 1.54) is 0 Å². The van der Waals surface area contributed by atoms with Gasteiger partial charge in [0.05, 0.1) is 16.6 Å². The summed E-state index contributed by atoms with van der Waals surface area (Å²) in [5.74, 6) is -0.250. The quantitative estimate of drug-likeness (QED) is 0.924. The summed E-state index contributed by atoms with van der Waals surface area (Å²) in [5, 5.41) is 3.82. The van der Waals surface area contributed by atoms with Gasteiger partial charge in [0.15, 0.2) is 5.43 Å². The molecular weight excluding hydrogens is 281 g/mol. The maximum atomic E-state index is 14.8. The van der Waals surface area contributed by atoms with Crippen molar-refractivity contribution in [2.24, 2.45) is 0 Å². The average Bonchev–Trinajstić information content (AvgIpc) is 3.36. The molecule has 0 spiro atoms. The molecule has 1 saturated carbocycles. The minimum atomic E-state index is -0.250. The van der Waals surface area contributed by atoms with Crippen LogP contribution in [0.15, 0.2) is 23.1 Å². The lowest BCUT2D eigenvalue weighted by atomic mass is 10.1. The lowest BCUT2D eigenvalue weighted by Gasteiger charge is -2.30. The monoisotopic (exact) mass is 301 g/mol. The Morgan fingerprint density at radius 2 is 2.00 bits per heavy atom. The Morgan fingerprint density at radius 1 is 1.27 bits per heavy atom. The van der Waals surface area contributed by atoms with E-state index in [9.17, 15) is 9.18 Å². The van der Waals surface area contributed by atoms with E-state index in [0.29, 0.717) is 22.7 Å². The fourth-order valence-electron chi connectivity index (χ4n) is 3.39. The fourth-order valence-corrected chi connectivity index (χ4v) is 3.39. The van der Waals surface area contributed by atoms with Crippen molar-refractivity contribution in [2.45, 2.75) is 25.8 Å². The smallest absolute Gasteiger partial charge is 0.189 e. The maximum Gasteiger partial charge on any atom is 0.189 e. The van der Waals surface area contributed by atoms with Gasteiger partial charge >= 0.3 is 0 Å². The number of aromatic nitrogens is 1. The zero-order valence-corrected chi connectivity index (χ0v) is 12.7. The third-order valence-electron chi connectivity index (χ3n) is 4.77. The molecule has 1 aliphatic heterocycles. The van der Waals surface area contributed by atoms with E-state index in [0.717, 1.165) is 44.5 Å². The predicted molar refractivity (Wildman–Crippen MR) is 86.3 cm³/mol. The molecule has 0 bridgehead atoms. The Kier molecular flexibility index (Phi) is 3.18. The largest absolute Gasteiger partial charge is 0.367 e. The molecule has 1 aromatic heterocycles. The Morgan fingerprint density at radius 3 is 2.68 bits per heavy atom. The molecule has 1 N–H and O–H groups in total. The Bertz CT molecular complexity index is 789. The normalized spacial score (nSPS) is 18.9. The van der Waals surface area contributed by atoms with Crippen LogP contribution < -0.4 is 15.6 Å². The Balaban J connectivity index is 1.96. The number of piperazine rings is 1. The van der Waals surface area contributed by atoms with Gasteiger partial charge in [-0.3, -0.25) is 4.79 Å². The van der Waals surface area contributed by atoms with Crippen LogP contribution in [0.25, 0.3) is 10.9 Å². The summed E-state index contributed by atoms with van der Waals surface area (Å²) in [7, 11) is 0. The van der Waals surface area contributed by atoms with E-state index in [1.54, 1.807) is 13.0 Å². The number of nitrogens with zero attached hydrogens (tertiary/aromatic N) is 2. The van der Waals surface area contributed by atoms with E-state index in [4.69, 9.17) is 0 Å². The SMILES string of the molecule is Cc1c(F)c(N2CCNCC2)cc2c1c(=O)ccn2C1CC1. The summed E-state index contributed by atoms with van der Waals surface area (Å²) in [6, 6.07) is 3.91. The molecule has 5 heteroatoms. The number of rotatable bonds is 2. The van der Waals surface area contributed by atoms with E-state index < -0.39 is 0 Å². The second-order valence-corrected chi connectivity index (χ2v) is 6.28. The number of hydrogen-bond acceptors (Lipinski definition) is 3. The van der Waals surface area contributed by atoms with Crippen LogP contribution >= 0.6 is 0 Å². The zero-order valence-electron chi connectivity index (χ0n) is 12.7. The van der Waals surface area contributed by atoms with Crippen molar-refractivity contribution in [3.05, 3.63) is 39.9 Å². The topological polar surface area (TPSA) is 37.3 Å². The molecule has 4 nitrogen and oxygen atoms in total. The molecule has 2 aliphatic rings. The predicted octanol–water partition coefficient (Wildman–Crippen LogP) is 2.19. The van der Waals surface area contributed by atoms with Crippen molar-refractivity contribution in [1.82, 2.24) is 9.88 Å². The second kappa shape index (κ2) is 5.09. The van der Waals surface area contributed by atoms with Gasteiger partial charge in [-0.05, 0) is 25.8 Å². The highest BCUT2D eigenvalue weighted by molar-refractivity contribution is 5.87. The van der Waals surface area contributed by atoms with Crippen molar-refractivity contribution < 1.29 is 4.39 Å². The highest BCUT2D eigenvalue weighted by Crippen LogP contribution is 2.38. The van der Waals surface area contributed by atoms with Gasteiger partial charge < -0.3 is 14.8 Å². The van der Waals surface area contributed by atoms with Crippen LogP contribution in [-0.2, 0) is 0 Å². The van der Waals surface area contributed by atoms with E-state index in [2.05, 4.69) is 14.8 Å².